The van der Waals surface area contributed by atoms with Gasteiger partial charge < -0.3 is 0 Å². The van der Waals surface area contributed by atoms with Gasteiger partial charge in [-0.2, -0.15) is 0 Å². The monoisotopic (exact) mass is 1750 g/mol. The largest absolute Gasteiger partial charge is 0.127 e. The SMILES string of the molecule is CCCCc1c2sc(c1CCCC)C#Cc1sc(c(CCCC)c1CCCC)C#Cc1sc(c(CCCC)c1CCCC)C#Cc1sc(c(CCCC)c1CCCC)C=Cc1sc(c(CCCC)c1CCCC)C#Cc1sc(c(CCCC)c1CCCC)C#Cc1sc(c(CCCC)c1CCCC)C#Cc1sc(c(CCCC)c1CCCC)C#C2. The van der Waals surface area contributed by atoms with Gasteiger partial charge in [0.05, 0.1) is 68.3 Å². The molecule has 0 atom stereocenters. The van der Waals surface area contributed by atoms with Crippen molar-refractivity contribution in [3.05, 3.63) is 167 Å². The summed E-state index contributed by atoms with van der Waals surface area (Å²) in [6.07, 6.45) is 58.4. The first kappa shape index (κ1) is 98.1. The van der Waals surface area contributed by atoms with Crippen LogP contribution in [0.25, 0.3) is 12.2 Å². The van der Waals surface area contributed by atoms with Crippen molar-refractivity contribution in [2.75, 3.05) is 0 Å². The highest BCUT2D eigenvalue weighted by Gasteiger charge is 2.26. The fourth-order valence-corrected chi connectivity index (χ4v) is 25.5. The van der Waals surface area contributed by atoms with Crippen LogP contribution in [0.15, 0.2) is 0 Å². The molecule has 0 saturated heterocycles. The molecule has 0 saturated carbocycles. The Bertz CT molecular complexity index is 4750. The molecule has 0 fully saturated rings. The van der Waals surface area contributed by atoms with Gasteiger partial charge in [-0.3, -0.25) is 0 Å². The number of hydrogen-bond donors (Lipinski definition) is 0. The Hall–Kier alpha value is -5.74. The molecule has 120 heavy (non-hydrogen) atoms. The molecule has 16 bridgehead atoms. The lowest BCUT2D eigenvalue weighted by molar-refractivity contribution is 0.760. The van der Waals surface area contributed by atoms with E-state index in [-0.39, 0.29) is 0 Å². The van der Waals surface area contributed by atoms with Crippen molar-refractivity contribution in [2.24, 2.45) is 0 Å². The van der Waals surface area contributed by atoms with E-state index in [2.05, 4.69) is 206 Å². The Labute approximate surface area is 764 Å². The molecule has 0 amide bonds. The van der Waals surface area contributed by atoms with Crippen LogP contribution < -0.4 is 0 Å². The van der Waals surface area contributed by atoms with Crippen molar-refractivity contribution in [2.45, 2.75) is 419 Å². The lowest BCUT2D eigenvalue weighted by Gasteiger charge is -2.07. The maximum absolute atomic E-state index is 4.04. The number of fused-ring (bicyclic) bond motifs is 16. The molecule has 9 heterocycles. The molecule has 8 heteroatoms. The Morgan fingerprint density at radius 3 is 0.333 bits per heavy atom. The predicted molar refractivity (Wildman–Crippen MR) is 543 cm³/mol. The molecule has 642 valence electrons. The molecule has 0 aliphatic carbocycles. The van der Waals surface area contributed by atoms with Crippen LogP contribution in [-0.4, -0.2) is 0 Å². The molecule has 0 spiro atoms. The zero-order valence-electron chi connectivity index (χ0n) is 77.4. The lowest BCUT2D eigenvalue weighted by Crippen LogP contribution is -1.96. The molecule has 1 aliphatic rings. The highest BCUT2D eigenvalue weighted by atomic mass is 32.1. The van der Waals surface area contributed by atoms with Gasteiger partial charge in [0.15, 0.2) is 0 Å². The van der Waals surface area contributed by atoms with Crippen LogP contribution in [0, 0.1) is 82.9 Å². The van der Waals surface area contributed by atoms with Gasteiger partial charge in [0.25, 0.3) is 0 Å². The van der Waals surface area contributed by atoms with E-state index in [9.17, 15) is 0 Å². The second kappa shape index (κ2) is 54.2. The smallest absolute Gasteiger partial charge is 0.0820 e. The Balaban J connectivity index is 1.38. The van der Waals surface area contributed by atoms with Gasteiger partial charge in [-0.05, 0) is 390 Å². The van der Waals surface area contributed by atoms with Crippen LogP contribution in [0.5, 0.6) is 0 Å². The first-order chi connectivity index (χ1) is 58.9. The number of thiophene rings is 8. The highest BCUT2D eigenvalue weighted by molar-refractivity contribution is 7.16. The lowest BCUT2D eigenvalue weighted by atomic mass is 9.96. The maximum Gasteiger partial charge on any atom is 0.0820 e. The van der Waals surface area contributed by atoms with Crippen LogP contribution in [0.3, 0.4) is 0 Å². The summed E-state index contributed by atoms with van der Waals surface area (Å²) in [6, 6.07) is 0. The van der Waals surface area contributed by atoms with E-state index in [1.165, 1.54) is 180 Å². The summed E-state index contributed by atoms with van der Waals surface area (Å²) in [6.45, 7) is 37.6. The predicted octanol–water partition coefficient (Wildman–Crippen LogP) is 33.9. The number of hydrogen-bond acceptors (Lipinski definition) is 8. The average Bonchev–Trinajstić information content (AvgIpc) is 1.63. The molecule has 0 radical (unpaired) electrons. The van der Waals surface area contributed by atoms with E-state index in [1.807, 2.05) is 90.7 Å². The minimum Gasteiger partial charge on any atom is -0.127 e. The standard InChI is InChI=1S/C112H146S8/c1-17-33-49-81-82(50-34-18-2)98-67-68-100-85(53-37-21-5)86(54-38-22-6)102(115-100)71-72-104-89(57-41-25-9)90(58-42-26-10)106(117-104)75-76-108-93(61-45-29-13)94(62-46-30-14)110(119-108)79-80-112-96(64-48-32-16)95(63-47-31-15)111(120-112)78-77-109-92(60-44-28-12)91(59-43-27-11)107(118-109)74-73-105-88(56-40-24-8)87(55-39-23-7)103(116-105)70-69-101-84(52-36-20-4)83(51-35-19-3)99(114-101)66-65-97(81)113-98/h65-66H,17-64H2,1-16H3. The third kappa shape index (κ3) is 27.1. The highest BCUT2D eigenvalue weighted by Crippen LogP contribution is 2.42. The summed E-state index contributed by atoms with van der Waals surface area (Å²) in [4.78, 5) is 20.0. The van der Waals surface area contributed by atoms with Crippen LogP contribution >= 0.6 is 90.7 Å². The van der Waals surface area contributed by atoms with Gasteiger partial charge in [-0.1, -0.05) is 214 Å². The van der Waals surface area contributed by atoms with Crippen LogP contribution in [-0.2, 0) is 103 Å². The first-order valence-electron chi connectivity index (χ1n) is 48.4. The van der Waals surface area contributed by atoms with Crippen molar-refractivity contribution in [3.63, 3.8) is 0 Å². The van der Waals surface area contributed by atoms with E-state index >= 15 is 0 Å². The summed E-state index contributed by atoms with van der Waals surface area (Å²) in [5.74, 6) is 56.3. The molecule has 8 aromatic heterocycles. The zero-order valence-corrected chi connectivity index (χ0v) is 83.9. The molecule has 0 nitrogen and oxygen atoms in total. The van der Waals surface area contributed by atoms with E-state index in [1.54, 1.807) is 0 Å². The number of rotatable bonds is 48. The first-order valence-corrected chi connectivity index (χ1v) is 54.9. The van der Waals surface area contributed by atoms with E-state index in [0.717, 1.165) is 295 Å². The van der Waals surface area contributed by atoms with Gasteiger partial charge in [0.1, 0.15) is 0 Å². The van der Waals surface area contributed by atoms with Crippen molar-refractivity contribution >= 4 is 103 Å². The summed E-state index contributed by atoms with van der Waals surface area (Å²) in [5, 5.41) is 0. The minimum atomic E-state index is 1.03. The fraction of sp³-hybridized carbons (Fsp3) is 0.571. The van der Waals surface area contributed by atoms with Crippen LogP contribution in [0.4, 0.5) is 0 Å². The Morgan fingerprint density at radius 1 is 0.133 bits per heavy atom. The summed E-state index contributed by atoms with van der Waals surface area (Å²) >= 11 is 15.3. The maximum atomic E-state index is 4.04. The van der Waals surface area contributed by atoms with Crippen molar-refractivity contribution in [1.82, 2.24) is 0 Å². The summed E-state index contributed by atoms with van der Waals surface area (Å²) in [5.41, 5.74) is 23.5. The van der Waals surface area contributed by atoms with Crippen molar-refractivity contribution in [3.8, 4) is 82.9 Å². The summed E-state index contributed by atoms with van der Waals surface area (Å²) < 4.78 is 0. The topological polar surface area (TPSA) is 0 Å². The van der Waals surface area contributed by atoms with Crippen LogP contribution in [0.1, 0.15) is 483 Å². The quantitative estimate of drug-likeness (QED) is 0.0334. The fourth-order valence-electron chi connectivity index (χ4n) is 16.6. The molecular weight excluding hydrogens is 1600 g/mol. The molecule has 0 unspecified atom stereocenters. The second-order valence-electron chi connectivity index (χ2n) is 33.5. The molecule has 0 N–H and O–H groups in total. The minimum absolute atomic E-state index is 1.03. The van der Waals surface area contributed by atoms with Gasteiger partial charge >= 0.3 is 0 Å². The summed E-state index contributed by atoms with van der Waals surface area (Å²) in [7, 11) is 0. The van der Waals surface area contributed by atoms with E-state index in [0.29, 0.717) is 0 Å². The third-order valence-electron chi connectivity index (χ3n) is 23.9. The average molecular weight is 1750 g/mol. The number of unbranched alkanes of at least 4 members (excludes halogenated alkanes) is 16. The van der Waals surface area contributed by atoms with E-state index in [4.69, 9.17) is 0 Å². The van der Waals surface area contributed by atoms with E-state index < -0.39 is 0 Å². The second-order valence-corrected chi connectivity index (χ2v) is 41.8. The van der Waals surface area contributed by atoms with Gasteiger partial charge in [0.2, 0.25) is 0 Å². The molecule has 8 aromatic rings. The Morgan fingerprint density at radius 2 is 0.225 bits per heavy atom. The zero-order chi connectivity index (χ0) is 85.4. The third-order valence-corrected chi connectivity index (χ3v) is 32.8. The molecular formula is C112H146S8. The van der Waals surface area contributed by atoms with Crippen molar-refractivity contribution in [1.29, 1.82) is 0 Å². The van der Waals surface area contributed by atoms with Gasteiger partial charge in [-0.15, -0.1) is 90.7 Å². The van der Waals surface area contributed by atoms with Gasteiger partial charge in [-0.25, -0.2) is 0 Å². The molecule has 9 rings (SSSR count). The van der Waals surface area contributed by atoms with Crippen LogP contribution in [0.2, 0.25) is 0 Å². The van der Waals surface area contributed by atoms with Gasteiger partial charge in [0, 0.05) is 9.75 Å². The normalized spacial score (nSPS) is 11.7. The molecule has 0 aromatic carbocycles. The Kier molecular flexibility index (Phi) is 44.3. The molecule has 1 aliphatic heterocycles. The van der Waals surface area contributed by atoms with Crippen molar-refractivity contribution < 1.29 is 0 Å².